The molecule has 1 aromatic rings. The van der Waals surface area contributed by atoms with Gasteiger partial charge < -0.3 is 19.7 Å². The van der Waals surface area contributed by atoms with Gasteiger partial charge in [0.1, 0.15) is 11.8 Å². The Morgan fingerprint density at radius 1 is 1.41 bits per heavy atom. The molecule has 2 aliphatic rings. The number of ether oxygens (including phenoxy) is 2. The fourth-order valence-corrected chi connectivity index (χ4v) is 4.87. The molecule has 0 aliphatic carbocycles. The van der Waals surface area contributed by atoms with Crippen molar-refractivity contribution in [1.29, 1.82) is 0 Å². The fourth-order valence-electron chi connectivity index (χ4n) is 3.46. The van der Waals surface area contributed by atoms with E-state index in [1.807, 2.05) is 19.9 Å². The summed E-state index contributed by atoms with van der Waals surface area (Å²) >= 11 is 1.59. The average Bonchev–Trinajstić information content (AvgIpc) is 3.11. The Bertz CT molecular complexity index is 783. The van der Waals surface area contributed by atoms with Crippen molar-refractivity contribution in [2.45, 2.75) is 50.6 Å². The van der Waals surface area contributed by atoms with E-state index in [-0.39, 0.29) is 10.8 Å². The molecule has 1 aromatic carbocycles. The van der Waals surface area contributed by atoms with E-state index in [2.05, 4.69) is 5.32 Å². The lowest BCUT2D eigenvalue weighted by molar-refractivity contribution is -0.160. The molecule has 2 heterocycles. The molecule has 2 fully saturated rings. The van der Waals surface area contributed by atoms with Crippen molar-refractivity contribution in [3.63, 3.8) is 0 Å². The first-order valence-electron chi connectivity index (χ1n) is 8.87. The molecule has 3 rings (SSSR count). The molecule has 2 saturated heterocycles. The molecule has 3 atom stereocenters. The molecule has 27 heavy (non-hydrogen) atoms. The third-order valence-electron chi connectivity index (χ3n) is 4.99. The number of methoxy groups -OCH3 is 1. The van der Waals surface area contributed by atoms with Crippen LogP contribution in [0.5, 0.6) is 5.75 Å². The van der Waals surface area contributed by atoms with E-state index < -0.39 is 24.0 Å². The lowest BCUT2D eigenvalue weighted by Crippen LogP contribution is -2.48. The molecular weight excluding hydrogens is 368 g/mol. The van der Waals surface area contributed by atoms with Crippen LogP contribution < -0.4 is 10.1 Å². The van der Waals surface area contributed by atoms with Crippen LogP contribution >= 0.6 is 11.8 Å². The monoisotopic (exact) mass is 392 g/mol. The van der Waals surface area contributed by atoms with Crippen molar-refractivity contribution in [3.8, 4) is 5.75 Å². The minimum atomic E-state index is -0.989. The molecule has 8 heteroatoms. The minimum absolute atomic E-state index is 0.0361. The van der Waals surface area contributed by atoms with Gasteiger partial charge in [0.2, 0.25) is 5.91 Å². The van der Waals surface area contributed by atoms with Crippen LogP contribution in [-0.4, -0.2) is 52.6 Å². The van der Waals surface area contributed by atoms with E-state index in [1.54, 1.807) is 28.8 Å². The van der Waals surface area contributed by atoms with Gasteiger partial charge in [-0.05, 0) is 44.9 Å². The number of amides is 2. The predicted molar refractivity (Wildman–Crippen MR) is 103 cm³/mol. The molecule has 0 aromatic heterocycles. The molecule has 0 radical (unpaired) electrons. The van der Waals surface area contributed by atoms with Gasteiger partial charge in [0.15, 0.2) is 6.10 Å². The second-order valence-electron chi connectivity index (χ2n) is 7.04. The van der Waals surface area contributed by atoms with Gasteiger partial charge in [0.25, 0.3) is 5.91 Å². The Morgan fingerprint density at radius 3 is 2.85 bits per heavy atom. The summed E-state index contributed by atoms with van der Waals surface area (Å²) in [5, 5.41) is 2.73. The Hall–Kier alpha value is -2.22. The normalized spacial score (nSPS) is 25.1. The van der Waals surface area contributed by atoms with Crippen molar-refractivity contribution >= 4 is 35.2 Å². The number of hydrogen-bond donors (Lipinski definition) is 1. The maximum atomic E-state index is 12.6. The number of anilines is 1. The predicted octanol–water partition coefficient (Wildman–Crippen LogP) is 2.33. The van der Waals surface area contributed by atoms with Crippen LogP contribution in [0.25, 0.3) is 0 Å². The number of nitrogens with zero attached hydrogens (tertiary/aromatic N) is 1. The van der Waals surface area contributed by atoms with E-state index in [0.717, 1.165) is 12.0 Å². The quantitative estimate of drug-likeness (QED) is 0.774. The lowest BCUT2D eigenvalue weighted by atomic mass is 10.2. The van der Waals surface area contributed by atoms with Crippen LogP contribution in [0.15, 0.2) is 18.2 Å². The lowest BCUT2D eigenvalue weighted by Gasteiger charge is -2.29. The Morgan fingerprint density at radius 2 is 2.15 bits per heavy atom. The zero-order chi connectivity index (χ0) is 19.8. The minimum Gasteiger partial charge on any atom is -0.495 e. The number of hydrogen-bond acceptors (Lipinski definition) is 6. The van der Waals surface area contributed by atoms with Crippen LogP contribution in [0.3, 0.4) is 0 Å². The average molecular weight is 392 g/mol. The van der Waals surface area contributed by atoms with Gasteiger partial charge in [-0.2, -0.15) is 0 Å². The summed E-state index contributed by atoms with van der Waals surface area (Å²) in [5.41, 5.74) is 1.48. The Labute approximate surface area is 162 Å². The number of nitrogens with one attached hydrogen (secondary N) is 1. The number of esters is 1. The van der Waals surface area contributed by atoms with Crippen molar-refractivity contribution < 1.29 is 23.9 Å². The number of thioether (sulfide) groups is 1. The van der Waals surface area contributed by atoms with Gasteiger partial charge in [0.05, 0.1) is 17.7 Å². The Kier molecular flexibility index (Phi) is 5.37. The highest BCUT2D eigenvalue weighted by Crippen LogP contribution is 2.47. The number of benzene rings is 1. The molecule has 1 N–H and O–H groups in total. The molecule has 2 aliphatic heterocycles. The van der Waals surface area contributed by atoms with Crippen LogP contribution in [0.1, 0.15) is 32.3 Å². The highest BCUT2D eigenvalue weighted by atomic mass is 32.2. The summed E-state index contributed by atoms with van der Waals surface area (Å²) in [6.45, 7) is 5.39. The summed E-state index contributed by atoms with van der Waals surface area (Å²) in [6, 6.07) is 4.78. The molecule has 0 bridgehead atoms. The molecule has 146 valence electrons. The summed E-state index contributed by atoms with van der Waals surface area (Å²) in [6.07, 6.45) is 0.178. The summed E-state index contributed by atoms with van der Waals surface area (Å²) < 4.78 is 10.6. The molecule has 0 unspecified atom stereocenters. The van der Waals surface area contributed by atoms with E-state index in [1.165, 1.54) is 14.0 Å². The van der Waals surface area contributed by atoms with Gasteiger partial charge in [-0.15, -0.1) is 11.8 Å². The highest BCUT2D eigenvalue weighted by Gasteiger charge is 2.53. The van der Waals surface area contributed by atoms with Crippen molar-refractivity contribution in [2.24, 2.45) is 0 Å². The van der Waals surface area contributed by atoms with Crippen LogP contribution in [0, 0.1) is 6.92 Å². The Balaban J connectivity index is 1.64. The zero-order valence-electron chi connectivity index (χ0n) is 15.9. The number of fused-ring (bicyclic) bond motifs is 1. The summed E-state index contributed by atoms with van der Waals surface area (Å²) in [4.78, 5) is 38.5. The number of carbonyl (C=O) groups excluding carboxylic acids is 3. The van der Waals surface area contributed by atoms with Gasteiger partial charge in [0, 0.05) is 12.2 Å². The van der Waals surface area contributed by atoms with Crippen molar-refractivity contribution in [2.75, 3.05) is 18.2 Å². The smallest absolute Gasteiger partial charge is 0.330 e. The first-order valence-corrected chi connectivity index (χ1v) is 9.86. The number of rotatable bonds is 5. The largest absolute Gasteiger partial charge is 0.495 e. The first-order chi connectivity index (χ1) is 12.7. The maximum Gasteiger partial charge on any atom is 0.330 e. The number of aryl methyl sites for hydroxylation is 1. The molecular formula is C19H24N2O5S. The summed E-state index contributed by atoms with van der Waals surface area (Å²) in [7, 11) is 1.52. The second-order valence-corrected chi connectivity index (χ2v) is 8.54. The van der Waals surface area contributed by atoms with Crippen LogP contribution in [0.2, 0.25) is 0 Å². The second kappa shape index (κ2) is 7.42. The van der Waals surface area contributed by atoms with E-state index in [4.69, 9.17) is 9.47 Å². The van der Waals surface area contributed by atoms with Gasteiger partial charge in [-0.3, -0.25) is 9.59 Å². The molecule has 2 amide bonds. The number of carbonyl (C=O) groups is 3. The molecule has 7 nitrogen and oxygen atoms in total. The summed E-state index contributed by atoms with van der Waals surface area (Å²) in [5.74, 6) is -0.0147. The SMILES string of the molecule is COc1ccc(C)cc1NC(=O)[C@@H](C)OC(=O)[C@H]1CS[C@@]2(C)CCC(=O)N12. The van der Waals surface area contributed by atoms with E-state index in [9.17, 15) is 14.4 Å². The van der Waals surface area contributed by atoms with Gasteiger partial charge in [-0.1, -0.05) is 6.07 Å². The van der Waals surface area contributed by atoms with E-state index >= 15 is 0 Å². The standard InChI is InChI=1S/C19H24N2O5S/c1-11-5-6-15(25-4)13(9-11)20-17(23)12(2)26-18(24)14-10-27-19(3)8-7-16(22)21(14)19/h5-6,9,12,14H,7-8,10H2,1-4H3,(H,20,23)/t12-,14-,19+/m1/s1. The third kappa shape index (κ3) is 3.76. The van der Waals surface area contributed by atoms with Crippen molar-refractivity contribution in [1.82, 2.24) is 4.90 Å². The van der Waals surface area contributed by atoms with Crippen LogP contribution in [0.4, 0.5) is 5.69 Å². The van der Waals surface area contributed by atoms with E-state index in [0.29, 0.717) is 23.6 Å². The van der Waals surface area contributed by atoms with Crippen LogP contribution in [-0.2, 0) is 19.1 Å². The fraction of sp³-hybridized carbons (Fsp3) is 0.526. The molecule has 0 spiro atoms. The topological polar surface area (TPSA) is 84.9 Å². The van der Waals surface area contributed by atoms with Gasteiger partial charge in [-0.25, -0.2) is 4.79 Å². The van der Waals surface area contributed by atoms with Gasteiger partial charge >= 0.3 is 5.97 Å². The zero-order valence-corrected chi connectivity index (χ0v) is 16.7. The maximum absolute atomic E-state index is 12.6. The highest BCUT2D eigenvalue weighted by molar-refractivity contribution is 8.01. The van der Waals surface area contributed by atoms with Crippen molar-refractivity contribution in [3.05, 3.63) is 23.8 Å². The first kappa shape index (κ1) is 19.5. The molecule has 0 saturated carbocycles. The third-order valence-corrected chi connectivity index (χ3v) is 6.50.